The predicted octanol–water partition coefficient (Wildman–Crippen LogP) is 3.44. The molecule has 1 heterocycles. The summed E-state index contributed by atoms with van der Waals surface area (Å²) in [4.78, 5) is 16.7. The zero-order valence-corrected chi connectivity index (χ0v) is 12.3. The molecule has 3 aromatic rings. The standard InChI is InChI=1S/C17H17N3O/c1-11-4-6-13(7-5-11)17(21)19-14-8-9-16-15(10-14)18-12(2)20(16)3/h4-10H,1-3H3,(H,19,21). The van der Waals surface area contributed by atoms with E-state index in [9.17, 15) is 4.79 Å². The van der Waals surface area contributed by atoms with E-state index in [0.29, 0.717) is 5.56 Å². The van der Waals surface area contributed by atoms with Gasteiger partial charge in [-0.2, -0.15) is 0 Å². The van der Waals surface area contributed by atoms with Crippen molar-refractivity contribution >= 4 is 22.6 Å². The Bertz CT molecular complexity index is 816. The number of nitrogens with zero attached hydrogens (tertiary/aromatic N) is 2. The number of nitrogens with one attached hydrogen (secondary N) is 1. The van der Waals surface area contributed by atoms with Crippen LogP contribution in [0.5, 0.6) is 0 Å². The molecule has 1 aromatic heterocycles. The van der Waals surface area contributed by atoms with Gasteiger partial charge in [-0.15, -0.1) is 0 Å². The molecule has 0 atom stereocenters. The summed E-state index contributed by atoms with van der Waals surface area (Å²) in [6.07, 6.45) is 0. The molecular weight excluding hydrogens is 262 g/mol. The topological polar surface area (TPSA) is 46.9 Å². The van der Waals surface area contributed by atoms with Crippen molar-refractivity contribution in [2.75, 3.05) is 5.32 Å². The van der Waals surface area contributed by atoms with Crippen LogP contribution < -0.4 is 5.32 Å². The minimum atomic E-state index is -0.109. The Morgan fingerprint density at radius 2 is 1.81 bits per heavy atom. The number of amides is 1. The molecule has 4 nitrogen and oxygen atoms in total. The summed E-state index contributed by atoms with van der Waals surface area (Å²) in [7, 11) is 1.98. The number of benzene rings is 2. The van der Waals surface area contributed by atoms with Crippen LogP contribution in [0.3, 0.4) is 0 Å². The van der Waals surface area contributed by atoms with E-state index in [4.69, 9.17) is 0 Å². The first-order chi connectivity index (χ1) is 10.0. The van der Waals surface area contributed by atoms with Crippen LogP contribution in [0.1, 0.15) is 21.7 Å². The maximum Gasteiger partial charge on any atom is 0.255 e. The summed E-state index contributed by atoms with van der Waals surface area (Å²) < 4.78 is 2.03. The highest BCUT2D eigenvalue weighted by atomic mass is 16.1. The third kappa shape index (κ3) is 2.52. The lowest BCUT2D eigenvalue weighted by Gasteiger charge is -2.06. The zero-order chi connectivity index (χ0) is 15.0. The molecule has 3 rings (SSSR count). The van der Waals surface area contributed by atoms with Gasteiger partial charge >= 0.3 is 0 Å². The molecule has 0 bridgehead atoms. The maximum absolute atomic E-state index is 12.2. The number of hydrogen-bond acceptors (Lipinski definition) is 2. The molecule has 0 spiro atoms. The van der Waals surface area contributed by atoms with Crippen molar-refractivity contribution in [2.24, 2.45) is 7.05 Å². The normalized spacial score (nSPS) is 10.8. The van der Waals surface area contributed by atoms with Crippen molar-refractivity contribution in [1.82, 2.24) is 9.55 Å². The molecule has 21 heavy (non-hydrogen) atoms. The van der Waals surface area contributed by atoms with Gasteiger partial charge in [0.05, 0.1) is 11.0 Å². The molecule has 0 aliphatic rings. The lowest BCUT2D eigenvalue weighted by Crippen LogP contribution is -2.11. The van der Waals surface area contributed by atoms with Gasteiger partial charge in [0.2, 0.25) is 0 Å². The molecule has 4 heteroatoms. The van der Waals surface area contributed by atoms with Gasteiger partial charge in [0.25, 0.3) is 5.91 Å². The van der Waals surface area contributed by atoms with E-state index in [0.717, 1.165) is 28.1 Å². The molecule has 2 aromatic carbocycles. The number of carbonyl (C=O) groups is 1. The van der Waals surface area contributed by atoms with Crippen LogP contribution in [0.25, 0.3) is 11.0 Å². The highest BCUT2D eigenvalue weighted by Crippen LogP contribution is 2.20. The van der Waals surface area contributed by atoms with Gasteiger partial charge in [-0.1, -0.05) is 17.7 Å². The Morgan fingerprint density at radius 3 is 2.52 bits per heavy atom. The maximum atomic E-state index is 12.2. The number of aromatic nitrogens is 2. The highest BCUT2D eigenvalue weighted by Gasteiger charge is 2.08. The van der Waals surface area contributed by atoms with Crippen molar-refractivity contribution in [2.45, 2.75) is 13.8 Å². The average molecular weight is 279 g/mol. The van der Waals surface area contributed by atoms with Crippen LogP contribution in [0.15, 0.2) is 42.5 Å². The second-order valence-electron chi connectivity index (χ2n) is 5.24. The van der Waals surface area contributed by atoms with Crippen LogP contribution >= 0.6 is 0 Å². The number of anilines is 1. The average Bonchev–Trinajstić information content (AvgIpc) is 2.74. The highest BCUT2D eigenvalue weighted by molar-refractivity contribution is 6.05. The number of imidazole rings is 1. The van der Waals surface area contributed by atoms with Crippen LogP contribution in [0, 0.1) is 13.8 Å². The van der Waals surface area contributed by atoms with Crippen molar-refractivity contribution in [3.63, 3.8) is 0 Å². The minimum absolute atomic E-state index is 0.109. The number of rotatable bonds is 2. The Kier molecular flexibility index (Phi) is 3.22. The Balaban J connectivity index is 1.87. The molecule has 0 saturated carbocycles. The Hall–Kier alpha value is -2.62. The summed E-state index contributed by atoms with van der Waals surface area (Å²) in [5, 5.41) is 2.91. The Labute approximate surface area is 123 Å². The lowest BCUT2D eigenvalue weighted by molar-refractivity contribution is 0.102. The SMILES string of the molecule is Cc1ccc(C(=O)Nc2ccc3c(c2)nc(C)n3C)cc1. The number of fused-ring (bicyclic) bond motifs is 1. The van der Waals surface area contributed by atoms with E-state index in [-0.39, 0.29) is 5.91 Å². The first-order valence-electron chi connectivity index (χ1n) is 6.86. The molecule has 0 radical (unpaired) electrons. The second kappa shape index (κ2) is 5.05. The van der Waals surface area contributed by atoms with Gasteiger partial charge < -0.3 is 9.88 Å². The van der Waals surface area contributed by atoms with Crippen LogP contribution in [0.4, 0.5) is 5.69 Å². The monoisotopic (exact) mass is 279 g/mol. The van der Waals surface area contributed by atoms with E-state index in [1.807, 2.05) is 67.9 Å². The van der Waals surface area contributed by atoms with Crippen molar-refractivity contribution in [3.8, 4) is 0 Å². The van der Waals surface area contributed by atoms with Gasteiger partial charge in [0.15, 0.2) is 0 Å². The molecule has 0 aliphatic carbocycles. The summed E-state index contributed by atoms with van der Waals surface area (Å²) in [6.45, 7) is 3.96. The summed E-state index contributed by atoms with van der Waals surface area (Å²) in [6, 6.07) is 13.3. The molecule has 1 amide bonds. The van der Waals surface area contributed by atoms with Crippen LogP contribution in [-0.4, -0.2) is 15.5 Å². The fourth-order valence-corrected chi connectivity index (χ4v) is 2.31. The molecule has 0 fully saturated rings. The molecular formula is C17H17N3O. The summed E-state index contributed by atoms with van der Waals surface area (Å²) in [5.74, 6) is 0.842. The lowest BCUT2D eigenvalue weighted by atomic mass is 10.1. The van der Waals surface area contributed by atoms with Gasteiger partial charge in [-0.25, -0.2) is 4.98 Å². The van der Waals surface area contributed by atoms with Crippen LogP contribution in [-0.2, 0) is 7.05 Å². The molecule has 106 valence electrons. The summed E-state index contributed by atoms with van der Waals surface area (Å²) in [5.41, 5.74) is 4.48. The fourth-order valence-electron chi connectivity index (χ4n) is 2.31. The van der Waals surface area contributed by atoms with Gasteiger partial charge in [-0.05, 0) is 44.2 Å². The van der Waals surface area contributed by atoms with Crippen molar-refractivity contribution < 1.29 is 4.79 Å². The largest absolute Gasteiger partial charge is 0.331 e. The van der Waals surface area contributed by atoms with Crippen molar-refractivity contribution in [3.05, 3.63) is 59.4 Å². The summed E-state index contributed by atoms with van der Waals surface area (Å²) >= 11 is 0. The molecule has 0 saturated heterocycles. The first-order valence-corrected chi connectivity index (χ1v) is 6.86. The van der Waals surface area contributed by atoms with Crippen molar-refractivity contribution in [1.29, 1.82) is 0 Å². The number of aryl methyl sites for hydroxylation is 3. The van der Waals surface area contributed by atoms with Gasteiger partial charge in [-0.3, -0.25) is 4.79 Å². The first kappa shape index (κ1) is 13.4. The molecule has 0 unspecified atom stereocenters. The fraction of sp³-hybridized carbons (Fsp3) is 0.176. The van der Waals surface area contributed by atoms with Gasteiger partial charge in [0, 0.05) is 18.3 Å². The zero-order valence-electron chi connectivity index (χ0n) is 12.3. The van der Waals surface area contributed by atoms with Gasteiger partial charge in [0.1, 0.15) is 5.82 Å². The number of hydrogen-bond donors (Lipinski definition) is 1. The predicted molar refractivity (Wildman–Crippen MR) is 84.6 cm³/mol. The molecule has 0 aliphatic heterocycles. The third-order valence-corrected chi connectivity index (χ3v) is 3.68. The molecule has 1 N–H and O–H groups in total. The minimum Gasteiger partial charge on any atom is -0.331 e. The third-order valence-electron chi connectivity index (χ3n) is 3.68. The van der Waals surface area contributed by atoms with E-state index in [1.165, 1.54) is 0 Å². The number of carbonyl (C=O) groups excluding carboxylic acids is 1. The Morgan fingerprint density at radius 1 is 1.10 bits per heavy atom. The van der Waals surface area contributed by atoms with Crippen LogP contribution in [0.2, 0.25) is 0 Å². The smallest absolute Gasteiger partial charge is 0.255 e. The quantitative estimate of drug-likeness (QED) is 0.781. The van der Waals surface area contributed by atoms with E-state index in [2.05, 4.69) is 10.3 Å². The van der Waals surface area contributed by atoms with E-state index in [1.54, 1.807) is 0 Å². The second-order valence-corrected chi connectivity index (χ2v) is 5.24. The van der Waals surface area contributed by atoms with E-state index < -0.39 is 0 Å². The van der Waals surface area contributed by atoms with E-state index >= 15 is 0 Å².